The number of carbonyl (C=O) groups is 2. The van der Waals surface area contributed by atoms with Crippen molar-refractivity contribution in [2.24, 2.45) is 0 Å². The molecule has 1 N–H and O–H groups in total. The van der Waals surface area contributed by atoms with Crippen molar-refractivity contribution in [1.29, 1.82) is 0 Å². The van der Waals surface area contributed by atoms with Gasteiger partial charge in [-0.1, -0.05) is 29.8 Å². The zero-order valence-corrected chi connectivity index (χ0v) is 17.0. The lowest BCUT2D eigenvalue weighted by atomic mass is 10.1. The van der Waals surface area contributed by atoms with Crippen LogP contribution in [0.25, 0.3) is 0 Å². The van der Waals surface area contributed by atoms with Crippen molar-refractivity contribution in [2.45, 2.75) is 31.9 Å². The number of benzene rings is 2. The minimum atomic E-state index is -0.573. The van der Waals surface area contributed by atoms with Gasteiger partial charge in [-0.05, 0) is 55.7 Å². The minimum Gasteiger partial charge on any atom is -0.491 e. The zero-order chi connectivity index (χ0) is 20.6. The van der Waals surface area contributed by atoms with E-state index in [1.807, 2.05) is 25.1 Å². The highest BCUT2D eigenvalue weighted by molar-refractivity contribution is 6.31. The third kappa shape index (κ3) is 6.21. The molecule has 0 spiro atoms. The molecule has 2 aromatic rings. The van der Waals surface area contributed by atoms with Crippen LogP contribution in [0, 0.1) is 0 Å². The number of nitrogens with one attached hydrogen (secondary N) is 1. The second-order valence-corrected chi connectivity index (χ2v) is 7.26. The van der Waals surface area contributed by atoms with Crippen molar-refractivity contribution in [2.75, 3.05) is 19.8 Å². The molecule has 2 atom stereocenters. The van der Waals surface area contributed by atoms with Crippen molar-refractivity contribution in [3.8, 4) is 5.75 Å². The molecule has 0 aromatic heterocycles. The van der Waals surface area contributed by atoms with Gasteiger partial charge >= 0.3 is 5.97 Å². The number of hydrogen-bond acceptors (Lipinski definition) is 5. The van der Waals surface area contributed by atoms with Gasteiger partial charge in [0.2, 0.25) is 0 Å². The molecule has 29 heavy (non-hydrogen) atoms. The standard InChI is InChI=1S/C22H24ClNO5/c1-15(19-6-2-3-7-20(19)23)24-21(25)14-29-22(26)16-8-10-17(11-9-16)28-13-18-5-4-12-27-18/h2-3,6-11,15,18H,4-5,12-14H2,1H3,(H,24,25)/t15-,18-/m1/s1. The van der Waals surface area contributed by atoms with Crippen LogP contribution in [0.15, 0.2) is 48.5 Å². The van der Waals surface area contributed by atoms with Crippen LogP contribution in [0.5, 0.6) is 5.75 Å². The molecule has 1 aliphatic rings. The molecule has 1 aliphatic heterocycles. The molecule has 1 amide bonds. The van der Waals surface area contributed by atoms with Crippen LogP contribution < -0.4 is 10.1 Å². The maximum atomic E-state index is 12.2. The Hall–Kier alpha value is -2.57. The van der Waals surface area contributed by atoms with Gasteiger partial charge in [0.25, 0.3) is 5.91 Å². The summed E-state index contributed by atoms with van der Waals surface area (Å²) in [6, 6.07) is 13.6. The topological polar surface area (TPSA) is 73.9 Å². The number of halogens is 1. The Balaban J connectivity index is 1.43. The van der Waals surface area contributed by atoms with Crippen LogP contribution in [0.2, 0.25) is 5.02 Å². The summed E-state index contributed by atoms with van der Waals surface area (Å²) in [4.78, 5) is 24.2. The van der Waals surface area contributed by atoms with E-state index in [2.05, 4.69) is 5.32 Å². The first-order valence-corrected chi connectivity index (χ1v) is 9.96. The third-order valence-electron chi connectivity index (χ3n) is 4.63. The van der Waals surface area contributed by atoms with Crippen molar-refractivity contribution >= 4 is 23.5 Å². The lowest BCUT2D eigenvalue weighted by molar-refractivity contribution is -0.124. The van der Waals surface area contributed by atoms with Crippen molar-refractivity contribution in [3.63, 3.8) is 0 Å². The summed E-state index contributed by atoms with van der Waals surface area (Å²) < 4.78 is 16.3. The molecule has 6 nitrogen and oxygen atoms in total. The Morgan fingerprint density at radius 2 is 1.97 bits per heavy atom. The zero-order valence-electron chi connectivity index (χ0n) is 16.2. The fraction of sp³-hybridized carbons (Fsp3) is 0.364. The summed E-state index contributed by atoms with van der Waals surface area (Å²) in [5, 5.41) is 3.33. The number of amides is 1. The van der Waals surface area contributed by atoms with E-state index in [4.69, 9.17) is 25.8 Å². The number of ether oxygens (including phenoxy) is 3. The molecule has 154 valence electrons. The Morgan fingerprint density at radius 3 is 2.66 bits per heavy atom. The molecular formula is C22H24ClNO5. The van der Waals surface area contributed by atoms with Gasteiger partial charge in [0.15, 0.2) is 6.61 Å². The van der Waals surface area contributed by atoms with E-state index in [0.717, 1.165) is 25.0 Å². The maximum absolute atomic E-state index is 12.2. The number of esters is 1. The molecule has 2 aromatic carbocycles. The van der Waals surface area contributed by atoms with Crippen molar-refractivity contribution in [3.05, 3.63) is 64.7 Å². The van der Waals surface area contributed by atoms with E-state index in [0.29, 0.717) is 22.9 Å². The lowest BCUT2D eigenvalue weighted by Gasteiger charge is -2.15. The monoisotopic (exact) mass is 417 g/mol. The van der Waals surface area contributed by atoms with Crippen LogP contribution in [0.3, 0.4) is 0 Å². The maximum Gasteiger partial charge on any atom is 0.338 e. The second-order valence-electron chi connectivity index (χ2n) is 6.86. The van der Waals surface area contributed by atoms with Crippen LogP contribution in [-0.2, 0) is 14.3 Å². The predicted octanol–water partition coefficient (Wildman–Crippen LogP) is 3.93. The fourth-order valence-corrected chi connectivity index (χ4v) is 3.35. The van der Waals surface area contributed by atoms with Gasteiger partial charge in [-0.3, -0.25) is 4.79 Å². The predicted molar refractivity (Wildman–Crippen MR) is 109 cm³/mol. The molecule has 1 heterocycles. The van der Waals surface area contributed by atoms with E-state index >= 15 is 0 Å². The SMILES string of the molecule is C[C@@H](NC(=O)COC(=O)c1ccc(OC[C@H]2CCCO2)cc1)c1ccccc1Cl. The molecular weight excluding hydrogens is 394 g/mol. The smallest absolute Gasteiger partial charge is 0.338 e. The van der Waals surface area contributed by atoms with Gasteiger partial charge in [-0.2, -0.15) is 0 Å². The highest BCUT2D eigenvalue weighted by atomic mass is 35.5. The summed E-state index contributed by atoms with van der Waals surface area (Å²) in [6.07, 6.45) is 2.19. The Labute approximate surface area is 175 Å². The van der Waals surface area contributed by atoms with Crippen LogP contribution in [0.1, 0.15) is 41.7 Å². The van der Waals surface area contributed by atoms with Gasteiger partial charge in [-0.15, -0.1) is 0 Å². The van der Waals surface area contributed by atoms with Crippen molar-refractivity contribution < 1.29 is 23.8 Å². The molecule has 3 rings (SSSR count). The molecule has 0 radical (unpaired) electrons. The third-order valence-corrected chi connectivity index (χ3v) is 4.98. The van der Waals surface area contributed by atoms with Crippen LogP contribution in [0.4, 0.5) is 0 Å². The molecule has 0 unspecified atom stereocenters. The average Bonchev–Trinajstić information content (AvgIpc) is 3.25. The van der Waals surface area contributed by atoms with Crippen LogP contribution in [-0.4, -0.2) is 37.8 Å². The average molecular weight is 418 g/mol. The first kappa shape index (κ1) is 21.1. The normalized spacial score (nSPS) is 16.8. The van der Waals surface area contributed by atoms with E-state index in [9.17, 15) is 9.59 Å². The van der Waals surface area contributed by atoms with E-state index in [-0.39, 0.29) is 18.8 Å². The summed E-state index contributed by atoms with van der Waals surface area (Å²) >= 11 is 6.13. The van der Waals surface area contributed by atoms with E-state index in [1.54, 1.807) is 30.3 Å². The molecule has 0 aliphatic carbocycles. The molecule has 1 saturated heterocycles. The van der Waals surface area contributed by atoms with Crippen LogP contribution >= 0.6 is 11.6 Å². The van der Waals surface area contributed by atoms with Gasteiger partial charge in [0, 0.05) is 11.6 Å². The minimum absolute atomic E-state index is 0.131. The second kappa shape index (κ2) is 10.3. The lowest BCUT2D eigenvalue weighted by Crippen LogP contribution is -2.31. The molecule has 0 bridgehead atoms. The summed E-state index contributed by atoms with van der Waals surface area (Å²) in [5.41, 5.74) is 1.15. The largest absolute Gasteiger partial charge is 0.491 e. The van der Waals surface area contributed by atoms with Gasteiger partial charge in [-0.25, -0.2) is 4.79 Å². The molecule has 7 heteroatoms. The number of rotatable bonds is 8. The van der Waals surface area contributed by atoms with Gasteiger partial charge in [0.1, 0.15) is 12.4 Å². The van der Waals surface area contributed by atoms with E-state index < -0.39 is 11.9 Å². The van der Waals surface area contributed by atoms with E-state index in [1.165, 1.54) is 0 Å². The summed E-state index contributed by atoms with van der Waals surface area (Å²) in [7, 11) is 0. The molecule has 1 fully saturated rings. The number of hydrogen-bond donors (Lipinski definition) is 1. The fourth-order valence-electron chi connectivity index (χ4n) is 3.05. The number of carbonyl (C=O) groups excluding carboxylic acids is 2. The Bertz CT molecular complexity index is 833. The highest BCUT2D eigenvalue weighted by Crippen LogP contribution is 2.22. The first-order chi connectivity index (χ1) is 14.0. The quantitative estimate of drug-likeness (QED) is 0.659. The Morgan fingerprint density at radius 1 is 1.21 bits per heavy atom. The summed E-state index contributed by atoms with van der Waals surface area (Å²) in [5.74, 6) is -0.318. The first-order valence-electron chi connectivity index (χ1n) is 9.58. The van der Waals surface area contributed by atoms with Crippen molar-refractivity contribution in [1.82, 2.24) is 5.32 Å². The summed E-state index contributed by atoms with van der Waals surface area (Å²) in [6.45, 7) is 2.72. The Kier molecular flexibility index (Phi) is 7.49. The van der Waals surface area contributed by atoms with Gasteiger partial charge in [0.05, 0.1) is 17.7 Å². The molecule has 0 saturated carbocycles. The van der Waals surface area contributed by atoms with Gasteiger partial charge < -0.3 is 19.5 Å². The highest BCUT2D eigenvalue weighted by Gasteiger charge is 2.17.